The molecule has 3 aromatic heterocycles. The van der Waals surface area contributed by atoms with E-state index in [1.807, 2.05) is 42.0 Å². The van der Waals surface area contributed by atoms with Gasteiger partial charge in [-0.2, -0.15) is 0 Å². The Labute approximate surface area is 181 Å². The number of anilines is 1. The summed E-state index contributed by atoms with van der Waals surface area (Å²) in [6, 6.07) is 8.87. The average molecular weight is 439 g/mol. The molecule has 1 aromatic carbocycles. The number of nitrogens with zero attached hydrogens (tertiary/aromatic N) is 5. The molecule has 0 fully saturated rings. The van der Waals surface area contributed by atoms with Crippen LogP contribution in [0.3, 0.4) is 0 Å². The Morgan fingerprint density at radius 1 is 1.17 bits per heavy atom. The van der Waals surface area contributed by atoms with Crippen LogP contribution in [0.1, 0.15) is 5.01 Å². The van der Waals surface area contributed by atoms with Crippen LogP contribution < -0.4 is 5.73 Å². The lowest BCUT2D eigenvalue weighted by atomic mass is 10.1. The van der Waals surface area contributed by atoms with E-state index in [-0.39, 0.29) is 0 Å². The number of nitrogen functional groups attached to an aromatic ring is 1. The van der Waals surface area contributed by atoms with Gasteiger partial charge in [0.2, 0.25) is 0 Å². The van der Waals surface area contributed by atoms with Crippen molar-refractivity contribution in [2.75, 3.05) is 12.3 Å². The highest BCUT2D eigenvalue weighted by molar-refractivity contribution is 7.14. The average Bonchev–Trinajstić information content (AvgIpc) is 3.28. The third-order valence-electron chi connectivity index (χ3n) is 4.80. The molecule has 4 rings (SSSR count). The molecule has 3 heterocycles. The number of aryl methyl sites for hydroxylation is 1. The molecular weight excluding hydrogens is 412 g/mol. The molecule has 0 saturated heterocycles. The molecule has 0 unspecified atom stereocenters. The van der Waals surface area contributed by atoms with E-state index in [0.717, 1.165) is 50.5 Å². The van der Waals surface area contributed by atoms with Gasteiger partial charge in [-0.3, -0.25) is 0 Å². The van der Waals surface area contributed by atoms with E-state index in [9.17, 15) is 0 Å². The third-order valence-corrected chi connectivity index (χ3v) is 7.37. The van der Waals surface area contributed by atoms with Crippen molar-refractivity contribution >= 4 is 36.1 Å². The van der Waals surface area contributed by atoms with Crippen molar-refractivity contribution in [2.24, 2.45) is 0 Å². The van der Waals surface area contributed by atoms with E-state index in [1.54, 1.807) is 17.7 Å². The molecule has 0 saturated carbocycles. The largest absolute Gasteiger partial charge is 0.399 e. The monoisotopic (exact) mass is 438 g/mol. The van der Waals surface area contributed by atoms with Gasteiger partial charge in [-0.05, 0) is 25.1 Å². The first-order chi connectivity index (χ1) is 14.3. The van der Waals surface area contributed by atoms with Gasteiger partial charge in [0.15, 0.2) is 0 Å². The zero-order valence-corrected chi connectivity index (χ0v) is 19.5. The summed E-state index contributed by atoms with van der Waals surface area (Å²) in [5, 5.41) is 11.3. The van der Waals surface area contributed by atoms with E-state index in [4.69, 9.17) is 10.5 Å². The minimum atomic E-state index is -1.14. The second-order valence-electron chi connectivity index (χ2n) is 8.53. The molecule has 0 atom stereocenters. The predicted octanol–water partition coefficient (Wildman–Crippen LogP) is 4.82. The van der Waals surface area contributed by atoms with Gasteiger partial charge in [-0.15, -0.1) is 10.2 Å². The quantitative estimate of drug-likeness (QED) is 0.253. The Kier molecular flexibility index (Phi) is 5.68. The number of hydrogen-bond acceptors (Lipinski definition) is 7. The van der Waals surface area contributed by atoms with E-state index in [0.29, 0.717) is 12.4 Å². The van der Waals surface area contributed by atoms with Crippen molar-refractivity contribution in [3.63, 3.8) is 0 Å². The maximum atomic E-state index is 6.03. The zero-order chi connectivity index (χ0) is 21.3. The van der Waals surface area contributed by atoms with Gasteiger partial charge in [-0.25, -0.2) is 9.97 Å². The number of ether oxygens (including phenoxy) is 1. The van der Waals surface area contributed by atoms with Gasteiger partial charge >= 0.3 is 0 Å². The molecule has 0 amide bonds. The fourth-order valence-corrected chi connectivity index (χ4v) is 4.70. The van der Waals surface area contributed by atoms with Gasteiger partial charge < -0.3 is 15.0 Å². The Hall–Kier alpha value is -2.62. The van der Waals surface area contributed by atoms with Crippen LogP contribution in [0.5, 0.6) is 0 Å². The second-order valence-corrected chi connectivity index (χ2v) is 15.3. The molecule has 4 aromatic rings. The number of hydrogen-bond donors (Lipinski definition) is 1. The van der Waals surface area contributed by atoms with Crippen molar-refractivity contribution in [3.8, 4) is 21.8 Å². The molecular formula is C21H26N6OSSi. The van der Waals surface area contributed by atoms with Crippen molar-refractivity contribution in [2.45, 2.75) is 39.3 Å². The van der Waals surface area contributed by atoms with E-state index >= 15 is 0 Å². The lowest BCUT2D eigenvalue weighted by Gasteiger charge is -2.15. The zero-order valence-electron chi connectivity index (χ0n) is 17.7. The molecule has 0 aliphatic rings. The van der Waals surface area contributed by atoms with Crippen molar-refractivity contribution in [3.05, 3.63) is 41.8 Å². The Balaban J connectivity index is 1.79. The van der Waals surface area contributed by atoms with Crippen LogP contribution in [0, 0.1) is 6.92 Å². The van der Waals surface area contributed by atoms with Crippen LogP contribution in [0.2, 0.25) is 25.7 Å². The Morgan fingerprint density at radius 2 is 2.00 bits per heavy atom. The summed E-state index contributed by atoms with van der Waals surface area (Å²) < 4.78 is 8.04. The standard InChI is InChI=1S/C21H26N6OSSi/c1-14-25-26-21(29-14)17-11-27(13-28-8-9-30(2,3)4)20-18(17)19(23-12-24-20)15-6-5-7-16(22)10-15/h5-7,10-12H,8-9,13,22H2,1-4H3. The van der Waals surface area contributed by atoms with E-state index < -0.39 is 8.07 Å². The predicted molar refractivity (Wildman–Crippen MR) is 125 cm³/mol. The van der Waals surface area contributed by atoms with Crippen molar-refractivity contribution in [1.29, 1.82) is 0 Å². The first-order valence-corrected chi connectivity index (χ1v) is 14.4. The number of fused-ring (bicyclic) bond motifs is 1. The number of rotatable bonds is 7. The fourth-order valence-electron chi connectivity index (χ4n) is 3.24. The van der Waals surface area contributed by atoms with Gasteiger partial charge in [0, 0.05) is 37.7 Å². The lowest BCUT2D eigenvalue weighted by molar-refractivity contribution is 0.0899. The highest BCUT2D eigenvalue weighted by Gasteiger charge is 2.20. The lowest BCUT2D eigenvalue weighted by Crippen LogP contribution is -2.22. The molecule has 7 nitrogen and oxygen atoms in total. The third kappa shape index (κ3) is 4.42. The highest BCUT2D eigenvalue weighted by Crippen LogP contribution is 2.37. The van der Waals surface area contributed by atoms with Gasteiger partial charge in [0.05, 0.1) is 11.1 Å². The molecule has 30 heavy (non-hydrogen) atoms. The molecule has 0 bridgehead atoms. The fraction of sp³-hybridized carbons (Fsp3) is 0.333. The van der Waals surface area contributed by atoms with E-state index in [2.05, 4.69) is 39.8 Å². The summed E-state index contributed by atoms with van der Waals surface area (Å²) in [7, 11) is -1.14. The summed E-state index contributed by atoms with van der Waals surface area (Å²) in [5.41, 5.74) is 10.3. The first-order valence-electron chi connectivity index (χ1n) is 9.90. The van der Waals surface area contributed by atoms with Crippen LogP contribution >= 0.6 is 11.3 Å². The van der Waals surface area contributed by atoms with Gasteiger partial charge in [0.25, 0.3) is 0 Å². The van der Waals surface area contributed by atoms with Crippen LogP contribution in [0.4, 0.5) is 5.69 Å². The first kappa shape index (κ1) is 20.6. The summed E-state index contributed by atoms with van der Waals surface area (Å²) >= 11 is 1.56. The molecule has 9 heteroatoms. The number of benzene rings is 1. The topological polar surface area (TPSA) is 91.7 Å². The maximum absolute atomic E-state index is 6.03. The highest BCUT2D eigenvalue weighted by atomic mass is 32.1. The molecule has 2 N–H and O–H groups in total. The summed E-state index contributed by atoms with van der Waals surface area (Å²) in [5.74, 6) is 0. The molecule has 0 aliphatic heterocycles. The van der Waals surface area contributed by atoms with Crippen LogP contribution in [-0.2, 0) is 11.5 Å². The molecule has 0 aliphatic carbocycles. The second kappa shape index (κ2) is 8.25. The molecule has 0 spiro atoms. The van der Waals surface area contributed by atoms with Gasteiger partial charge in [-0.1, -0.05) is 43.1 Å². The summed E-state index contributed by atoms with van der Waals surface area (Å²) in [6.45, 7) is 10.2. The van der Waals surface area contributed by atoms with Crippen molar-refractivity contribution < 1.29 is 4.74 Å². The van der Waals surface area contributed by atoms with Crippen molar-refractivity contribution in [1.82, 2.24) is 24.7 Å². The minimum Gasteiger partial charge on any atom is -0.399 e. The summed E-state index contributed by atoms with van der Waals surface area (Å²) in [6.07, 6.45) is 3.64. The van der Waals surface area contributed by atoms with E-state index in [1.165, 1.54) is 0 Å². The van der Waals surface area contributed by atoms with Crippen LogP contribution in [0.25, 0.3) is 32.9 Å². The Morgan fingerprint density at radius 3 is 2.70 bits per heavy atom. The minimum absolute atomic E-state index is 0.437. The normalized spacial score (nSPS) is 12.0. The smallest absolute Gasteiger partial charge is 0.150 e. The molecule has 156 valence electrons. The maximum Gasteiger partial charge on any atom is 0.150 e. The van der Waals surface area contributed by atoms with Gasteiger partial charge in [0.1, 0.15) is 28.7 Å². The SMILES string of the molecule is Cc1nnc(-c2cn(COCC[Si](C)(C)C)c3ncnc(-c4cccc(N)c4)c23)s1. The summed E-state index contributed by atoms with van der Waals surface area (Å²) in [4.78, 5) is 9.17. The number of nitrogens with two attached hydrogens (primary N) is 1. The number of aromatic nitrogens is 5. The van der Waals surface area contributed by atoms with Crippen LogP contribution in [-0.4, -0.2) is 39.4 Å². The Bertz CT molecular complexity index is 1180. The molecule has 0 radical (unpaired) electrons. The van der Waals surface area contributed by atoms with Crippen LogP contribution in [0.15, 0.2) is 36.8 Å².